The highest BCUT2D eigenvalue weighted by atomic mass is 14.5. The Morgan fingerprint density at radius 1 is 0.800 bits per heavy atom. The first kappa shape index (κ1) is 13.7. The van der Waals surface area contributed by atoms with Gasteiger partial charge in [-0.1, -0.05) is 69.3 Å². The second kappa shape index (κ2) is 9.22. The summed E-state index contributed by atoms with van der Waals surface area (Å²) < 4.78 is 0. The van der Waals surface area contributed by atoms with Gasteiger partial charge in [0.05, 0.1) is 0 Å². The molecule has 0 heterocycles. The number of fused-ring (bicyclic) bond motifs is 1. The molecule has 2 aromatic rings. The van der Waals surface area contributed by atoms with Crippen LogP contribution in [0.25, 0.3) is 10.8 Å². The molecule has 0 atom stereocenters. The van der Waals surface area contributed by atoms with Gasteiger partial charge in [-0.25, -0.2) is 0 Å². The Bertz CT molecular complexity index is 290. The second-order valence-corrected chi connectivity index (χ2v) is 2.76. The molecule has 0 unspecified atom stereocenters. The molecular formula is C14H21N. The topological polar surface area (TPSA) is 26.0 Å². The molecule has 2 aromatic carbocycles. The Hall–Kier alpha value is -1.34. The molecule has 0 aromatic heterocycles. The van der Waals surface area contributed by atoms with Crippen LogP contribution in [0.15, 0.2) is 48.5 Å². The lowest BCUT2D eigenvalue weighted by atomic mass is 10.1. The molecule has 2 rings (SSSR count). The van der Waals surface area contributed by atoms with Gasteiger partial charge in [0, 0.05) is 0 Å². The zero-order chi connectivity index (χ0) is 11.5. The zero-order valence-electron chi connectivity index (χ0n) is 9.90. The summed E-state index contributed by atoms with van der Waals surface area (Å²) in [4.78, 5) is 0. The molecule has 0 aliphatic rings. The smallest absolute Gasteiger partial charge is 0.0106 e. The first-order valence-electron chi connectivity index (χ1n) is 5.52. The van der Waals surface area contributed by atoms with Crippen molar-refractivity contribution < 1.29 is 0 Å². The molecule has 0 amide bonds. The summed E-state index contributed by atoms with van der Waals surface area (Å²) in [7, 11) is 0. The van der Waals surface area contributed by atoms with E-state index in [2.05, 4.69) is 48.5 Å². The number of benzene rings is 2. The lowest BCUT2D eigenvalue weighted by Gasteiger charge is -1.92. The van der Waals surface area contributed by atoms with Crippen LogP contribution < -0.4 is 5.73 Å². The minimum atomic E-state index is 0.750. The van der Waals surface area contributed by atoms with E-state index < -0.39 is 0 Å². The molecule has 15 heavy (non-hydrogen) atoms. The summed E-state index contributed by atoms with van der Waals surface area (Å²) in [6.07, 6.45) is 0. The number of nitrogens with two attached hydrogens (primary N) is 1. The molecule has 0 saturated heterocycles. The summed E-state index contributed by atoms with van der Waals surface area (Å²) in [5.74, 6) is 0. The van der Waals surface area contributed by atoms with Crippen LogP contribution in [0.5, 0.6) is 0 Å². The van der Waals surface area contributed by atoms with Crippen LogP contribution >= 0.6 is 0 Å². The van der Waals surface area contributed by atoms with Gasteiger partial charge in [-0.05, 0) is 17.3 Å². The van der Waals surface area contributed by atoms with Gasteiger partial charge in [0.2, 0.25) is 0 Å². The SMILES string of the molecule is CC.CCN.c1ccc2ccccc2c1. The molecular weight excluding hydrogens is 182 g/mol. The Balaban J connectivity index is 0.000000342. The van der Waals surface area contributed by atoms with E-state index in [0.717, 1.165) is 6.54 Å². The monoisotopic (exact) mass is 203 g/mol. The Kier molecular flexibility index (Phi) is 8.40. The van der Waals surface area contributed by atoms with Gasteiger partial charge in [-0.15, -0.1) is 0 Å². The average molecular weight is 203 g/mol. The zero-order valence-corrected chi connectivity index (χ0v) is 9.90. The molecule has 2 N–H and O–H groups in total. The van der Waals surface area contributed by atoms with Gasteiger partial charge >= 0.3 is 0 Å². The number of hydrogen-bond acceptors (Lipinski definition) is 1. The summed E-state index contributed by atoms with van der Waals surface area (Å²) in [5, 5.41) is 2.62. The summed E-state index contributed by atoms with van der Waals surface area (Å²) >= 11 is 0. The number of rotatable bonds is 0. The third-order valence-electron chi connectivity index (χ3n) is 1.66. The third kappa shape index (κ3) is 5.18. The normalized spacial score (nSPS) is 8.27. The van der Waals surface area contributed by atoms with Crippen molar-refractivity contribution in [3.8, 4) is 0 Å². The molecule has 0 spiro atoms. The summed E-state index contributed by atoms with van der Waals surface area (Å²) in [6, 6.07) is 16.7. The molecule has 0 radical (unpaired) electrons. The van der Waals surface area contributed by atoms with E-state index >= 15 is 0 Å². The lowest BCUT2D eigenvalue weighted by Crippen LogP contribution is -1.87. The predicted octanol–water partition coefficient (Wildman–Crippen LogP) is 3.83. The fraction of sp³-hybridized carbons (Fsp3) is 0.286. The Morgan fingerprint density at radius 2 is 1.00 bits per heavy atom. The van der Waals surface area contributed by atoms with Crippen molar-refractivity contribution in [2.24, 2.45) is 5.73 Å². The van der Waals surface area contributed by atoms with Gasteiger partial charge in [-0.3, -0.25) is 0 Å². The van der Waals surface area contributed by atoms with Crippen LogP contribution in [-0.4, -0.2) is 6.54 Å². The highest BCUT2D eigenvalue weighted by molar-refractivity contribution is 5.81. The van der Waals surface area contributed by atoms with Gasteiger partial charge in [-0.2, -0.15) is 0 Å². The lowest BCUT2D eigenvalue weighted by molar-refractivity contribution is 1.14. The van der Waals surface area contributed by atoms with Crippen molar-refractivity contribution in [2.75, 3.05) is 6.54 Å². The minimum Gasteiger partial charge on any atom is -0.331 e. The first-order valence-corrected chi connectivity index (χ1v) is 5.52. The van der Waals surface area contributed by atoms with Crippen LogP contribution in [-0.2, 0) is 0 Å². The van der Waals surface area contributed by atoms with Crippen molar-refractivity contribution in [1.29, 1.82) is 0 Å². The van der Waals surface area contributed by atoms with E-state index in [1.54, 1.807) is 0 Å². The van der Waals surface area contributed by atoms with Crippen molar-refractivity contribution in [3.05, 3.63) is 48.5 Å². The van der Waals surface area contributed by atoms with Crippen molar-refractivity contribution in [1.82, 2.24) is 0 Å². The van der Waals surface area contributed by atoms with E-state index in [0.29, 0.717) is 0 Å². The predicted molar refractivity (Wildman–Crippen MR) is 70.0 cm³/mol. The molecule has 0 saturated carbocycles. The van der Waals surface area contributed by atoms with E-state index in [1.807, 2.05) is 20.8 Å². The van der Waals surface area contributed by atoms with Crippen LogP contribution in [0.3, 0.4) is 0 Å². The van der Waals surface area contributed by atoms with E-state index in [1.165, 1.54) is 10.8 Å². The number of hydrogen-bond donors (Lipinski definition) is 1. The highest BCUT2D eigenvalue weighted by Crippen LogP contribution is 2.11. The summed E-state index contributed by atoms with van der Waals surface area (Å²) in [6.45, 7) is 6.65. The average Bonchev–Trinajstić information content (AvgIpc) is 2.33. The van der Waals surface area contributed by atoms with Crippen LogP contribution in [0.4, 0.5) is 0 Å². The first-order chi connectivity index (χ1) is 7.38. The Morgan fingerprint density at radius 3 is 1.20 bits per heavy atom. The molecule has 1 heteroatoms. The van der Waals surface area contributed by atoms with Gasteiger partial charge in [0.1, 0.15) is 0 Å². The van der Waals surface area contributed by atoms with Crippen molar-refractivity contribution in [2.45, 2.75) is 20.8 Å². The second-order valence-electron chi connectivity index (χ2n) is 2.76. The third-order valence-corrected chi connectivity index (χ3v) is 1.66. The van der Waals surface area contributed by atoms with Gasteiger partial charge in [0.25, 0.3) is 0 Å². The molecule has 1 nitrogen and oxygen atoms in total. The molecule has 0 fully saturated rings. The molecule has 0 aliphatic heterocycles. The van der Waals surface area contributed by atoms with Crippen LogP contribution in [0.1, 0.15) is 20.8 Å². The standard InChI is InChI=1S/C10H8.C2H7N.C2H6/c1-2-6-10-8-4-3-7-9(10)5-1;1-2-3;1-2/h1-8H;2-3H2,1H3;1-2H3. The molecule has 82 valence electrons. The van der Waals surface area contributed by atoms with Gasteiger partial charge in [0.15, 0.2) is 0 Å². The highest BCUT2D eigenvalue weighted by Gasteiger charge is 1.85. The van der Waals surface area contributed by atoms with Crippen molar-refractivity contribution >= 4 is 10.8 Å². The maximum atomic E-state index is 4.85. The van der Waals surface area contributed by atoms with Crippen LogP contribution in [0.2, 0.25) is 0 Å². The summed E-state index contributed by atoms with van der Waals surface area (Å²) in [5.41, 5.74) is 4.85. The largest absolute Gasteiger partial charge is 0.331 e. The van der Waals surface area contributed by atoms with Gasteiger partial charge < -0.3 is 5.73 Å². The van der Waals surface area contributed by atoms with Crippen LogP contribution in [0, 0.1) is 0 Å². The molecule has 0 bridgehead atoms. The van der Waals surface area contributed by atoms with E-state index in [9.17, 15) is 0 Å². The maximum Gasteiger partial charge on any atom is -0.0106 e. The Labute approximate surface area is 92.9 Å². The van der Waals surface area contributed by atoms with E-state index in [-0.39, 0.29) is 0 Å². The van der Waals surface area contributed by atoms with E-state index in [4.69, 9.17) is 5.73 Å². The molecule has 0 aliphatic carbocycles. The quantitative estimate of drug-likeness (QED) is 0.692. The fourth-order valence-electron chi connectivity index (χ4n) is 1.13. The maximum absolute atomic E-state index is 4.85. The van der Waals surface area contributed by atoms with Crippen molar-refractivity contribution in [3.63, 3.8) is 0 Å². The fourth-order valence-corrected chi connectivity index (χ4v) is 1.13. The minimum absolute atomic E-state index is 0.750.